The van der Waals surface area contributed by atoms with Crippen LogP contribution >= 0.6 is 0 Å². The zero-order chi connectivity index (χ0) is 24.3. The van der Waals surface area contributed by atoms with Gasteiger partial charge in [-0.1, -0.05) is 12.1 Å². The molecule has 0 fully saturated rings. The molecule has 0 spiro atoms. The van der Waals surface area contributed by atoms with Gasteiger partial charge in [0.05, 0.1) is 5.69 Å². The normalized spacial score (nSPS) is 12.8. The Morgan fingerprint density at radius 3 is 2.41 bits per heavy atom. The zero-order valence-corrected chi connectivity index (χ0v) is 17.9. The largest absolute Gasteiger partial charge is 0.459 e. The SMILES string of the molecule is C[C@@H](C(=O)NCc1cccc(-n2nc(C(F)(F)F)cc2C(=O)NN)c1)C(=O)OC(C)(C)C. The maximum atomic E-state index is 13.1. The minimum Gasteiger partial charge on any atom is -0.459 e. The molecule has 1 atom stereocenters. The Kier molecular flexibility index (Phi) is 7.29. The van der Waals surface area contributed by atoms with Crippen molar-refractivity contribution in [3.05, 3.63) is 47.3 Å². The number of nitrogens with two attached hydrogens (primary N) is 1. The van der Waals surface area contributed by atoms with E-state index in [0.717, 1.165) is 4.68 Å². The number of aromatic nitrogens is 2. The molecule has 0 saturated carbocycles. The summed E-state index contributed by atoms with van der Waals surface area (Å²) in [5.41, 5.74) is -0.00131. The molecule has 12 heteroatoms. The number of ether oxygens (including phenoxy) is 1. The van der Waals surface area contributed by atoms with Crippen molar-refractivity contribution < 1.29 is 32.3 Å². The topological polar surface area (TPSA) is 128 Å². The molecule has 2 rings (SSSR count). The van der Waals surface area contributed by atoms with Crippen LogP contribution in [0.5, 0.6) is 0 Å². The van der Waals surface area contributed by atoms with E-state index >= 15 is 0 Å². The van der Waals surface area contributed by atoms with E-state index in [-0.39, 0.29) is 12.2 Å². The van der Waals surface area contributed by atoms with E-state index in [1.165, 1.54) is 25.1 Å². The van der Waals surface area contributed by atoms with Crippen LogP contribution in [0.2, 0.25) is 0 Å². The van der Waals surface area contributed by atoms with Gasteiger partial charge >= 0.3 is 12.1 Å². The monoisotopic (exact) mass is 455 g/mol. The number of rotatable bonds is 6. The Morgan fingerprint density at radius 1 is 1.19 bits per heavy atom. The summed E-state index contributed by atoms with van der Waals surface area (Å²) in [7, 11) is 0. The maximum absolute atomic E-state index is 13.1. The molecule has 0 unspecified atom stereocenters. The van der Waals surface area contributed by atoms with Crippen LogP contribution < -0.4 is 16.6 Å². The number of amides is 2. The number of hydrazine groups is 1. The Hall–Kier alpha value is -3.41. The van der Waals surface area contributed by atoms with E-state index in [1.54, 1.807) is 32.3 Å². The van der Waals surface area contributed by atoms with Gasteiger partial charge in [-0.25, -0.2) is 10.5 Å². The van der Waals surface area contributed by atoms with Gasteiger partial charge in [0.1, 0.15) is 17.2 Å². The van der Waals surface area contributed by atoms with Crippen LogP contribution in [-0.2, 0) is 27.0 Å². The molecular weight excluding hydrogens is 431 g/mol. The van der Waals surface area contributed by atoms with Crippen molar-refractivity contribution in [1.29, 1.82) is 0 Å². The van der Waals surface area contributed by atoms with Crippen LogP contribution in [0.3, 0.4) is 0 Å². The number of carbonyl (C=O) groups excluding carboxylic acids is 3. The predicted octanol–water partition coefficient (Wildman–Crippen LogP) is 2.09. The van der Waals surface area contributed by atoms with Crippen molar-refractivity contribution in [2.24, 2.45) is 11.8 Å². The van der Waals surface area contributed by atoms with Crippen molar-refractivity contribution in [3.63, 3.8) is 0 Å². The highest BCUT2D eigenvalue weighted by atomic mass is 19.4. The lowest BCUT2D eigenvalue weighted by atomic mass is 10.1. The molecule has 1 aromatic carbocycles. The highest BCUT2D eigenvalue weighted by Gasteiger charge is 2.36. The Balaban J connectivity index is 2.21. The molecule has 2 amide bonds. The van der Waals surface area contributed by atoms with Crippen LogP contribution in [0.25, 0.3) is 5.69 Å². The molecule has 1 heterocycles. The second-order valence-electron chi connectivity index (χ2n) is 7.94. The second kappa shape index (κ2) is 9.39. The fourth-order valence-corrected chi connectivity index (χ4v) is 2.59. The number of nitrogen functional groups attached to an aromatic ring is 1. The zero-order valence-electron chi connectivity index (χ0n) is 17.9. The number of nitrogens with one attached hydrogen (secondary N) is 2. The van der Waals surface area contributed by atoms with E-state index < -0.39 is 46.9 Å². The first-order valence-corrected chi connectivity index (χ1v) is 9.51. The fraction of sp³-hybridized carbons (Fsp3) is 0.400. The van der Waals surface area contributed by atoms with Crippen LogP contribution in [0.4, 0.5) is 13.2 Å². The van der Waals surface area contributed by atoms with Crippen LogP contribution in [-0.4, -0.2) is 33.2 Å². The van der Waals surface area contributed by atoms with E-state index in [0.29, 0.717) is 11.6 Å². The molecule has 1 aromatic heterocycles. The quantitative estimate of drug-likeness (QED) is 0.201. The number of hydrogen-bond donors (Lipinski definition) is 3. The third-order valence-corrected chi connectivity index (χ3v) is 4.14. The van der Waals surface area contributed by atoms with Gasteiger partial charge in [0.25, 0.3) is 5.91 Å². The molecule has 32 heavy (non-hydrogen) atoms. The lowest BCUT2D eigenvalue weighted by Gasteiger charge is -2.22. The minimum absolute atomic E-state index is 0.0222. The summed E-state index contributed by atoms with van der Waals surface area (Å²) in [6, 6.07) is 6.60. The predicted molar refractivity (Wildman–Crippen MR) is 107 cm³/mol. The van der Waals surface area contributed by atoms with E-state index in [2.05, 4.69) is 10.4 Å². The molecule has 0 saturated heterocycles. The lowest BCUT2D eigenvalue weighted by molar-refractivity contribution is -0.161. The summed E-state index contributed by atoms with van der Waals surface area (Å²) < 4.78 is 45.2. The smallest absolute Gasteiger partial charge is 0.435 e. The number of halogens is 3. The molecule has 0 aliphatic heterocycles. The summed E-state index contributed by atoms with van der Waals surface area (Å²) in [5, 5.41) is 6.04. The first-order valence-electron chi connectivity index (χ1n) is 9.51. The Bertz CT molecular complexity index is 1010. The summed E-state index contributed by atoms with van der Waals surface area (Å²) in [5.74, 6) is 1.79. The van der Waals surface area contributed by atoms with Crippen LogP contribution in [0, 0.1) is 5.92 Å². The van der Waals surface area contributed by atoms with E-state index in [4.69, 9.17) is 10.6 Å². The first kappa shape index (κ1) is 24.9. The highest BCUT2D eigenvalue weighted by Crippen LogP contribution is 2.29. The van der Waals surface area contributed by atoms with E-state index in [1.807, 2.05) is 0 Å². The molecule has 2 aromatic rings. The molecule has 174 valence electrons. The number of hydrogen-bond acceptors (Lipinski definition) is 6. The standard InChI is InChI=1S/C20H24F3N5O4/c1-11(18(31)32-19(2,3)4)16(29)25-10-12-6-5-7-13(8-12)28-14(17(30)26-24)9-15(27-28)20(21,22)23/h5-9,11H,10,24H2,1-4H3,(H,25,29)(H,26,30)/t11-/m0/s1. The van der Waals surface area contributed by atoms with Gasteiger partial charge in [0.15, 0.2) is 5.69 Å². The number of esters is 1. The molecule has 0 bridgehead atoms. The summed E-state index contributed by atoms with van der Waals surface area (Å²) >= 11 is 0. The summed E-state index contributed by atoms with van der Waals surface area (Å²) in [6.45, 7) is 6.42. The summed E-state index contributed by atoms with van der Waals surface area (Å²) in [4.78, 5) is 36.2. The van der Waals surface area contributed by atoms with Gasteiger partial charge in [-0.2, -0.15) is 18.3 Å². The van der Waals surface area contributed by atoms with Crippen molar-refractivity contribution >= 4 is 17.8 Å². The number of alkyl halides is 3. The van der Waals surface area contributed by atoms with Gasteiger partial charge in [-0.05, 0) is 45.4 Å². The van der Waals surface area contributed by atoms with Gasteiger partial charge in [-0.3, -0.25) is 19.8 Å². The molecular formula is C20H24F3N5O4. The number of nitrogens with zero attached hydrogens (tertiary/aromatic N) is 2. The number of carbonyl (C=O) groups is 3. The third-order valence-electron chi connectivity index (χ3n) is 4.14. The first-order chi connectivity index (χ1) is 14.7. The van der Waals surface area contributed by atoms with Crippen molar-refractivity contribution in [2.75, 3.05) is 0 Å². The van der Waals surface area contributed by atoms with Crippen molar-refractivity contribution in [3.8, 4) is 5.69 Å². The Morgan fingerprint density at radius 2 is 1.84 bits per heavy atom. The van der Waals surface area contributed by atoms with Gasteiger partial charge in [0.2, 0.25) is 5.91 Å². The van der Waals surface area contributed by atoms with Gasteiger partial charge in [0, 0.05) is 12.6 Å². The molecule has 0 aliphatic rings. The highest BCUT2D eigenvalue weighted by molar-refractivity contribution is 5.97. The van der Waals surface area contributed by atoms with Crippen molar-refractivity contribution in [1.82, 2.24) is 20.5 Å². The third kappa shape index (κ3) is 6.30. The lowest BCUT2D eigenvalue weighted by Crippen LogP contribution is -2.37. The van der Waals surface area contributed by atoms with E-state index in [9.17, 15) is 27.6 Å². The van der Waals surface area contributed by atoms with Crippen LogP contribution in [0.1, 0.15) is 49.4 Å². The van der Waals surface area contributed by atoms with Gasteiger partial charge < -0.3 is 10.1 Å². The fourth-order valence-electron chi connectivity index (χ4n) is 2.59. The molecule has 4 N–H and O–H groups in total. The Labute approximate surface area is 182 Å². The average molecular weight is 455 g/mol. The average Bonchev–Trinajstić information content (AvgIpc) is 3.16. The maximum Gasteiger partial charge on any atom is 0.435 e. The minimum atomic E-state index is -4.77. The molecule has 0 radical (unpaired) electrons. The van der Waals surface area contributed by atoms with Crippen molar-refractivity contribution in [2.45, 2.75) is 46.0 Å². The van der Waals surface area contributed by atoms with Gasteiger partial charge in [-0.15, -0.1) is 0 Å². The van der Waals surface area contributed by atoms with Crippen LogP contribution in [0.15, 0.2) is 30.3 Å². The second-order valence-corrected chi connectivity index (χ2v) is 7.94. The number of benzene rings is 1. The molecule has 9 nitrogen and oxygen atoms in total. The molecule has 0 aliphatic carbocycles. The summed E-state index contributed by atoms with van der Waals surface area (Å²) in [6.07, 6.45) is -4.77.